The van der Waals surface area contributed by atoms with Crippen LogP contribution < -0.4 is 4.74 Å². The molecule has 4 nitrogen and oxygen atoms in total. The second kappa shape index (κ2) is 4.72. The van der Waals surface area contributed by atoms with Crippen LogP contribution in [0.5, 0.6) is 5.75 Å². The van der Waals surface area contributed by atoms with Crippen LogP contribution in [0.4, 0.5) is 0 Å². The molecule has 0 unspecified atom stereocenters. The number of benzene rings is 1. The molecule has 0 aliphatic heterocycles. The summed E-state index contributed by atoms with van der Waals surface area (Å²) in [5.41, 5.74) is 3.03. The number of fused-ring (bicyclic) bond motifs is 1. The number of ether oxygens (including phenoxy) is 1. The van der Waals surface area contributed by atoms with Gasteiger partial charge in [0.15, 0.2) is 5.65 Å². The van der Waals surface area contributed by atoms with Crippen molar-refractivity contribution < 1.29 is 4.74 Å². The fourth-order valence-electron chi connectivity index (χ4n) is 2.21. The maximum Gasteiger partial charge on any atom is 0.160 e. The number of imidazole rings is 1. The summed E-state index contributed by atoms with van der Waals surface area (Å²) in [5.74, 6) is 1.84. The maximum absolute atomic E-state index is 5.25. The number of hydrogen-bond donors (Lipinski definition) is 0. The summed E-state index contributed by atoms with van der Waals surface area (Å²) in [7, 11) is 1.68. The fraction of sp³-hybridized carbons (Fsp3) is 0.200. The van der Waals surface area contributed by atoms with Crippen LogP contribution in [0.15, 0.2) is 42.6 Å². The summed E-state index contributed by atoms with van der Waals surface area (Å²) >= 11 is 0. The Morgan fingerprint density at radius 3 is 2.95 bits per heavy atom. The molecule has 4 heteroatoms. The van der Waals surface area contributed by atoms with Gasteiger partial charge in [0.1, 0.15) is 17.1 Å². The molecule has 0 atom stereocenters. The van der Waals surface area contributed by atoms with E-state index in [0.29, 0.717) is 0 Å². The first-order valence-electron chi connectivity index (χ1n) is 6.19. The molecule has 96 valence electrons. The number of aryl methyl sites for hydroxylation is 1. The molecule has 0 amide bonds. The van der Waals surface area contributed by atoms with Crippen molar-refractivity contribution in [2.45, 2.75) is 13.5 Å². The van der Waals surface area contributed by atoms with Gasteiger partial charge >= 0.3 is 0 Å². The number of hydrogen-bond acceptors (Lipinski definition) is 3. The van der Waals surface area contributed by atoms with Gasteiger partial charge in [-0.2, -0.15) is 0 Å². The van der Waals surface area contributed by atoms with Gasteiger partial charge in [-0.25, -0.2) is 9.97 Å². The molecule has 2 aromatic heterocycles. The Morgan fingerprint density at radius 2 is 2.11 bits per heavy atom. The number of methoxy groups -OCH3 is 1. The largest absolute Gasteiger partial charge is 0.497 e. The molecule has 0 spiro atoms. The highest BCUT2D eigenvalue weighted by molar-refractivity contribution is 5.71. The molecule has 0 aliphatic carbocycles. The highest BCUT2D eigenvalue weighted by Gasteiger charge is 2.08. The fourth-order valence-corrected chi connectivity index (χ4v) is 2.21. The third-order valence-corrected chi connectivity index (χ3v) is 3.17. The molecular weight excluding hydrogens is 238 g/mol. The Labute approximate surface area is 111 Å². The number of pyridine rings is 1. The molecule has 0 fully saturated rings. The molecule has 3 rings (SSSR count). The molecular formula is C15H15N3O. The molecule has 19 heavy (non-hydrogen) atoms. The number of rotatable bonds is 3. The first-order valence-corrected chi connectivity index (χ1v) is 6.19. The van der Waals surface area contributed by atoms with Crippen molar-refractivity contribution >= 4 is 11.2 Å². The molecule has 3 aromatic rings. The quantitative estimate of drug-likeness (QED) is 0.720. The zero-order valence-corrected chi connectivity index (χ0v) is 11.0. The van der Waals surface area contributed by atoms with Crippen LogP contribution in [0.3, 0.4) is 0 Å². The predicted molar refractivity (Wildman–Crippen MR) is 74.4 cm³/mol. The highest BCUT2D eigenvalue weighted by atomic mass is 16.5. The van der Waals surface area contributed by atoms with Crippen molar-refractivity contribution in [3.8, 4) is 5.75 Å². The van der Waals surface area contributed by atoms with E-state index in [-0.39, 0.29) is 0 Å². The van der Waals surface area contributed by atoms with Crippen LogP contribution in [0.2, 0.25) is 0 Å². The minimum Gasteiger partial charge on any atom is -0.497 e. The van der Waals surface area contributed by atoms with Gasteiger partial charge in [-0.3, -0.25) is 0 Å². The first-order chi connectivity index (χ1) is 9.28. The lowest BCUT2D eigenvalue weighted by molar-refractivity contribution is 0.414. The Bertz CT molecular complexity index is 718. The summed E-state index contributed by atoms with van der Waals surface area (Å²) < 4.78 is 7.37. The van der Waals surface area contributed by atoms with Crippen molar-refractivity contribution in [2.75, 3.05) is 7.11 Å². The zero-order chi connectivity index (χ0) is 13.2. The van der Waals surface area contributed by atoms with E-state index in [0.717, 1.165) is 29.3 Å². The van der Waals surface area contributed by atoms with E-state index >= 15 is 0 Å². The summed E-state index contributed by atoms with van der Waals surface area (Å²) in [6.07, 6.45) is 1.80. The van der Waals surface area contributed by atoms with Crippen LogP contribution in [0.25, 0.3) is 11.2 Å². The van der Waals surface area contributed by atoms with Crippen molar-refractivity contribution in [1.29, 1.82) is 0 Å². The average molecular weight is 253 g/mol. The van der Waals surface area contributed by atoms with Crippen LogP contribution in [0, 0.1) is 6.92 Å². The lowest BCUT2D eigenvalue weighted by Crippen LogP contribution is -2.03. The van der Waals surface area contributed by atoms with E-state index in [4.69, 9.17) is 4.74 Å². The second-order valence-corrected chi connectivity index (χ2v) is 4.44. The van der Waals surface area contributed by atoms with Crippen molar-refractivity contribution in [1.82, 2.24) is 14.5 Å². The SMILES string of the molecule is COc1cccc(Cn2c(C)nc3cccnc32)c1. The third-order valence-electron chi connectivity index (χ3n) is 3.17. The number of nitrogens with zero attached hydrogens (tertiary/aromatic N) is 3. The van der Waals surface area contributed by atoms with E-state index < -0.39 is 0 Å². The molecule has 0 radical (unpaired) electrons. The van der Waals surface area contributed by atoms with Gasteiger partial charge < -0.3 is 9.30 Å². The molecule has 2 heterocycles. The van der Waals surface area contributed by atoms with Gasteiger partial charge in [0, 0.05) is 6.20 Å². The van der Waals surface area contributed by atoms with Crippen LogP contribution in [-0.4, -0.2) is 21.6 Å². The van der Waals surface area contributed by atoms with E-state index in [1.165, 1.54) is 5.56 Å². The summed E-state index contributed by atoms with van der Waals surface area (Å²) in [4.78, 5) is 8.93. The van der Waals surface area contributed by atoms with Crippen LogP contribution in [-0.2, 0) is 6.54 Å². The van der Waals surface area contributed by atoms with Gasteiger partial charge in [-0.15, -0.1) is 0 Å². The topological polar surface area (TPSA) is 39.9 Å². The number of aromatic nitrogens is 3. The van der Waals surface area contributed by atoms with E-state index in [1.807, 2.05) is 37.3 Å². The van der Waals surface area contributed by atoms with Gasteiger partial charge in [0.2, 0.25) is 0 Å². The summed E-state index contributed by atoms with van der Waals surface area (Å²) in [6.45, 7) is 2.75. The lowest BCUT2D eigenvalue weighted by atomic mass is 10.2. The monoisotopic (exact) mass is 253 g/mol. The minimum atomic E-state index is 0.747. The second-order valence-electron chi connectivity index (χ2n) is 4.44. The van der Waals surface area contributed by atoms with Crippen molar-refractivity contribution in [2.24, 2.45) is 0 Å². The molecule has 0 saturated heterocycles. The smallest absolute Gasteiger partial charge is 0.160 e. The third kappa shape index (κ3) is 2.17. The summed E-state index contributed by atoms with van der Waals surface area (Å²) in [5, 5.41) is 0. The lowest BCUT2D eigenvalue weighted by Gasteiger charge is -2.07. The normalized spacial score (nSPS) is 10.8. The maximum atomic E-state index is 5.25. The van der Waals surface area contributed by atoms with E-state index in [9.17, 15) is 0 Å². The Kier molecular flexibility index (Phi) is 2.91. The zero-order valence-electron chi connectivity index (χ0n) is 11.0. The summed E-state index contributed by atoms with van der Waals surface area (Å²) in [6, 6.07) is 11.9. The van der Waals surface area contributed by atoms with E-state index in [2.05, 4.69) is 20.6 Å². The highest BCUT2D eigenvalue weighted by Crippen LogP contribution is 2.18. The van der Waals surface area contributed by atoms with Gasteiger partial charge in [0.05, 0.1) is 13.7 Å². The van der Waals surface area contributed by atoms with Gasteiger partial charge in [-0.1, -0.05) is 12.1 Å². The van der Waals surface area contributed by atoms with Crippen LogP contribution >= 0.6 is 0 Å². The van der Waals surface area contributed by atoms with Gasteiger partial charge in [-0.05, 0) is 36.8 Å². The molecule has 1 aromatic carbocycles. The molecule has 0 saturated carbocycles. The van der Waals surface area contributed by atoms with Crippen molar-refractivity contribution in [3.05, 3.63) is 54.0 Å². The van der Waals surface area contributed by atoms with Crippen LogP contribution in [0.1, 0.15) is 11.4 Å². The molecule has 0 aliphatic rings. The van der Waals surface area contributed by atoms with Gasteiger partial charge in [0.25, 0.3) is 0 Å². The minimum absolute atomic E-state index is 0.747. The molecule has 0 N–H and O–H groups in total. The standard InChI is InChI=1S/C15H15N3O/c1-11-17-14-7-4-8-16-15(14)18(11)10-12-5-3-6-13(9-12)19-2/h3-9H,10H2,1-2H3. The molecule has 0 bridgehead atoms. The average Bonchev–Trinajstić information content (AvgIpc) is 2.76. The van der Waals surface area contributed by atoms with Crippen molar-refractivity contribution in [3.63, 3.8) is 0 Å². The Morgan fingerprint density at radius 1 is 1.21 bits per heavy atom. The predicted octanol–water partition coefficient (Wildman–Crippen LogP) is 2.80. The Hall–Kier alpha value is -2.36. The Balaban J connectivity index is 2.02. The van der Waals surface area contributed by atoms with E-state index in [1.54, 1.807) is 13.3 Å². The first kappa shape index (κ1) is 11.7.